The van der Waals surface area contributed by atoms with Crippen LogP contribution in [0.15, 0.2) is 0 Å². The summed E-state index contributed by atoms with van der Waals surface area (Å²) in [4.78, 5) is 0. The summed E-state index contributed by atoms with van der Waals surface area (Å²) in [5.74, 6) is 0. The van der Waals surface area contributed by atoms with Gasteiger partial charge in [0.25, 0.3) is 0 Å². The van der Waals surface area contributed by atoms with Crippen LogP contribution in [0.1, 0.15) is 45.3 Å². The van der Waals surface area contributed by atoms with Gasteiger partial charge in [-0.2, -0.15) is 0 Å². The molecule has 0 saturated carbocycles. The third-order valence-electron chi connectivity index (χ3n) is 0.232. The zero-order chi connectivity index (χ0) is 17.7. The van der Waals surface area contributed by atoms with E-state index in [0.29, 0.717) is 0 Å². The monoisotopic (exact) mass is 151 g/mol. The number of rotatable bonds is 2. The normalized spacial score (nSPS) is 49.8. The van der Waals surface area contributed by atoms with E-state index in [9.17, 15) is 0 Å². The molecular formula is C6H16ClN. The van der Waals surface area contributed by atoms with E-state index in [2.05, 4.69) is 0 Å². The topological polar surface area (TPSA) is 12.0 Å². The van der Waals surface area contributed by atoms with Crippen molar-refractivity contribution in [3.63, 3.8) is 0 Å². The van der Waals surface area contributed by atoms with Gasteiger partial charge in [0.1, 0.15) is 1.41 Å². The van der Waals surface area contributed by atoms with Crippen LogP contribution in [0, 0.1) is 0 Å². The molecule has 2 heteroatoms. The zero-order valence-corrected chi connectivity index (χ0v) is 4.75. The molecule has 1 N–H and O–H groups in total. The Morgan fingerprint density at radius 1 is 1.50 bits per heavy atom. The average molecular weight is 152 g/mol. The second-order valence-electron chi connectivity index (χ2n) is 0.846. The van der Waals surface area contributed by atoms with Crippen LogP contribution in [-0.2, 0) is 0 Å². The van der Waals surface area contributed by atoms with Crippen LogP contribution < -0.4 is 5.31 Å². The highest BCUT2D eigenvalue weighted by atomic mass is 35.5. The lowest BCUT2D eigenvalue weighted by molar-refractivity contribution is 0.518. The second kappa shape index (κ2) is 5.39. The Morgan fingerprint density at radius 3 is 2.50 bits per heavy atom. The molecule has 0 aliphatic rings. The first-order valence-corrected chi connectivity index (χ1v) is 1.49. The molecule has 0 bridgehead atoms. The summed E-state index contributed by atoms with van der Waals surface area (Å²) in [5, 5.41) is -0.780. The van der Waals surface area contributed by atoms with E-state index in [0.717, 1.165) is 0 Å². The standard InChI is InChI=1S/C6H15N.ClH/c1-5(2)7-6(3)4;/h5-7H,1-4H3;1H/i1D2,2D3,3D3,4D3,5D,6D;/hD. The highest BCUT2D eigenvalue weighted by Crippen LogP contribution is 1.80. The Bertz CT molecular complexity index is 355. The van der Waals surface area contributed by atoms with Crippen LogP contribution in [0.2, 0.25) is 1.41 Å². The molecule has 0 amide bonds. The molecule has 8 heavy (non-hydrogen) atoms. The molecule has 0 saturated heterocycles. The summed E-state index contributed by atoms with van der Waals surface area (Å²) < 4.78 is 101. The Labute approximate surface area is 78.0 Å². The molecule has 0 aliphatic carbocycles. The Hall–Kier alpha value is 0.250. The van der Waals surface area contributed by atoms with Gasteiger partial charge >= 0.3 is 0 Å². The number of halogens is 1. The van der Waals surface area contributed by atoms with E-state index >= 15 is 0 Å². The fourth-order valence-electron chi connectivity index (χ4n) is 0.120. The van der Waals surface area contributed by atoms with Crippen LogP contribution >= 0.6 is 12.4 Å². The lowest BCUT2D eigenvalue weighted by Crippen LogP contribution is -2.29. The summed E-state index contributed by atoms with van der Waals surface area (Å²) in [6.07, 6.45) is 0. The van der Waals surface area contributed by atoms with Crippen molar-refractivity contribution in [2.24, 2.45) is 0 Å². The first-order valence-electron chi connectivity index (χ1n) is 8.59. The van der Waals surface area contributed by atoms with Gasteiger partial charge in [-0.3, -0.25) is 0 Å². The third-order valence-corrected chi connectivity index (χ3v) is 0.232. The van der Waals surface area contributed by atoms with Crippen molar-refractivity contribution in [1.82, 2.24) is 5.31 Å². The first kappa shape index (κ1) is 1.06. The molecule has 0 heterocycles. The molecular weight excluding hydrogens is 122 g/mol. The summed E-state index contributed by atoms with van der Waals surface area (Å²) in [6, 6.07) is -7.31. The van der Waals surface area contributed by atoms with E-state index < -0.39 is 44.8 Å². The van der Waals surface area contributed by atoms with Crippen LogP contribution in [0.3, 0.4) is 0 Å². The van der Waals surface area contributed by atoms with Gasteiger partial charge in [-0.05, 0) is 0 Å². The van der Waals surface area contributed by atoms with Crippen molar-refractivity contribution in [2.75, 3.05) is 0 Å². The Balaban J connectivity index is 0. The van der Waals surface area contributed by atoms with E-state index in [4.69, 9.17) is 19.2 Å². The molecule has 0 aromatic carbocycles. The minimum Gasteiger partial charge on any atom is -0.312 e. The van der Waals surface area contributed by atoms with Gasteiger partial charge in [-0.1, -0.05) is 27.4 Å². The molecule has 52 valence electrons. The van der Waals surface area contributed by atoms with Crippen molar-refractivity contribution in [1.29, 1.82) is 0 Å². The lowest BCUT2D eigenvalue weighted by atomic mass is 10.3. The van der Waals surface area contributed by atoms with E-state index in [1.165, 1.54) is 0 Å². The molecule has 0 aliphatic heterocycles. The van der Waals surface area contributed by atoms with E-state index in [1.54, 1.807) is 0 Å². The Kier molecular flexibility index (Phi) is 0.712. The highest BCUT2D eigenvalue weighted by molar-refractivity contribution is 5.85. The number of hydrogen-bond acceptors (Lipinski definition) is 1. The summed E-state index contributed by atoms with van der Waals surface area (Å²) >= 11 is 0. The largest absolute Gasteiger partial charge is 0.312 e. The fourth-order valence-corrected chi connectivity index (χ4v) is 0.120. The number of nitrogens with one attached hydrogen (secondary N) is 1. The van der Waals surface area contributed by atoms with Crippen LogP contribution in [0.5, 0.6) is 0 Å². The van der Waals surface area contributed by atoms with Crippen LogP contribution in [0.4, 0.5) is 0 Å². The summed E-state index contributed by atoms with van der Waals surface area (Å²) in [7, 11) is 0. The van der Waals surface area contributed by atoms with E-state index in [1.807, 2.05) is 0 Å². The molecule has 0 rings (SSSR count). The van der Waals surface area contributed by atoms with Gasteiger partial charge in [0.05, 0.1) is 0 Å². The molecule has 1 nitrogen and oxygen atoms in total. The van der Waals surface area contributed by atoms with Crippen molar-refractivity contribution in [3.05, 3.63) is 0 Å². The second-order valence-corrected chi connectivity index (χ2v) is 0.846. The lowest BCUT2D eigenvalue weighted by Gasteiger charge is -2.10. The zero-order valence-electron chi connectivity index (χ0n) is 17.9. The van der Waals surface area contributed by atoms with E-state index in [-0.39, 0.29) is 12.4 Å². The molecule has 0 aromatic heterocycles. The first-order chi connectivity index (χ1) is 8.85. The van der Waals surface area contributed by atoms with Crippen molar-refractivity contribution in [2.45, 2.75) is 39.5 Å². The smallest absolute Gasteiger partial charge is 0.123 e. The van der Waals surface area contributed by atoms with Crippen molar-refractivity contribution < 1.29 is 19.2 Å². The van der Waals surface area contributed by atoms with Crippen LogP contribution in [-0.4, -0.2) is 12.0 Å². The predicted molar refractivity (Wildman–Crippen MR) is 40.7 cm³/mol. The molecule has 1 atom stereocenters. The van der Waals surface area contributed by atoms with Gasteiger partial charge in [-0.25, -0.2) is 0 Å². The molecule has 0 fully saturated rings. The molecule has 0 aromatic rings. The third kappa shape index (κ3) is 9.54. The minimum absolute atomic E-state index is 0. The summed E-state index contributed by atoms with van der Waals surface area (Å²) in [6.45, 7) is -13.5. The number of hydrogen-bond donors (Lipinski definition) is 1. The summed E-state index contributed by atoms with van der Waals surface area (Å²) in [5.41, 5.74) is 0. The van der Waals surface area contributed by atoms with Gasteiger partial charge in [0.15, 0.2) is 0 Å². The quantitative estimate of drug-likeness (QED) is 0.635. The van der Waals surface area contributed by atoms with Gasteiger partial charge < -0.3 is 5.31 Å². The average Bonchev–Trinajstić information content (AvgIpc) is 2.20. The van der Waals surface area contributed by atoms with Gasteiger partial charge in [0.2, 0.25) is 0 Å². The van der Waals surface area contributed by atoms with Gasteiger partial charge in [-0.15, -0.1) is 12.4 Å². The SMILES string of the molecule is Cl.[2H]C([2H])C([2H])(N([2H])C([2H])(C([2H])([2H])[2H])C([2H])([2H])[2H])C([2H])([2H])[2H]. The maximum Gasteiger partial charge on any atom is 0.123 e. The Morgan fingerprint density at radius 2 is 2.12 bits per heavy atom. The molecule has 0 spiro atoms. The van der Waals surface area contributed by atoms with Crippen LogP contribution in [0.25, 0.3) is 0 Å². The fraction of sp³-hybridized carbons (Fsp3) is 1.00. The van der Waals surface area contributed by atoms with Gasteiger partial charge in [0, 0.05) is 29.9 Å². The minimum atomic E-state index is -3.78. The van der Waals surface area contributed by atoms with Crippen molar-refractivity contribution in [3.8, 4) is 0 Å². The molecule has 1 unspecified atom stereocenters. The van der Waals surface area contributed by atoms with Crippen molar-refractivity contribution >= 4 is 12.4 Å². The highest BCUT2D eigenvalue weighted by Gasteiger charge is 1.92. The predicted octanol–water partition coefficient (Wildman–Crippen LogP) is 1.81. The molecule has 0 radical (unpaired) electrons. The maximum atomic E-state index is 7.64. The maximum absolute atomic E-state index is 7.64.